The van der Waals surface area contributed by atoms with E-state index in [-0.39, 0.29) is 12.5 Å². The fourth-order valence-electron chi connectivity index (χ4n) is 2.71. The largest absolute Gasteiger partial charge is 0.447 e. The molecule has 0 unspecified atom stereocenters. The molecule has 0 saturated carbocycles. The number of hydrogen-bond acceptors (Lipinski definition) is 5. The van der Waals surface area contributed by atoms with E-state index in [1.54, 1.807) is 24.3 Å². The average molecular weight is 332 g/mol. The number of rotatable bonds is 6. The van der Waals surface area contributed by atoms with Crippen LogP contribution in [-0.4, -0.2) is 42.7 Å². The molecule has 0 spiro atoms. The van der Waals surface area contributed by atoms with Crippen LogP contribution < -0.4 is 0 Å². The van der Waals surface area contributed by atoms with Gasteiger partial charge in [0, 0.05) is 12.0 Å². The van der Waals surface area contributed by atoms with Crippen molar-refractivity contribution >= 4 is 12.0 Å². The van der Waals surface area contributed by atoms with Crippen LogP contribution >= 0.6 is 0 Å². The second-order valence-electron chi connectivity index (χ2n) is 5.81. The molecule has 1 aromatic carbocycles. The Morgan fingerprint density at radius 2 is 2.08 bits per heavy atom. The normalized spacial score (nSPS) is 19.6. The molecule has 1 aromatic rings. The van der Waals surface area contributed by atoms with Gasteiger partial charge in [-0.1, -0.05) is 49.3 Å². The number of azide groups is 1. The van der Waals surface area contributed by atoms with Gasteiger partial charge in [0.15, 0.2) is 0 Å². The third-order valence-corrected chi connectivity index (χ3v) is 4.01. The van der Waals surface area contributed by atoms with Crippen molar-refractivity contribution in [3.8, 4) is 0 Å². The molecule has 1 fully saturated rings. The Hall–Kier alpha value is -2.57. The molecule has 8 heteroatoms. The van der Waals surface area contributed by atoms with Crippen molar-refractivity contribution < 1.29 is 19.1 Å². The standard InChI is InChI=1S/C16H20N4O4/c1-10(2)12-9-24-16(22)20(12)15(21)13(18-19-17)14(23-3)11-7-5-4-6-8-11/h4-8,10,12-14H,9H2,1-3H3/t12-,13+,14-/m1/s1. The lowest BCUT2D eigenvalue weighted by Gasteiger charge is -2.28. The zero-order valence-corrected chi connectivity index (χ0v) is 13.8. The summed E-state index contributed by atoms with van der Waals surface area (Å²) in [6.07, 6.45) is -1.52. The Balaban J connectivity index is 2.37. The summed E-state index contributed by atoms with van der Waals surface area (Å²) in [6.45, 7) is 3.91. The van der Waals surface area contributed by atoms with E-state index >= 15 is 0 Å². The van der Waals surface area contributed by atoms with Crippen molar-refractivity contribution in [2.75, 3.05) is 13.7 Å². The van der Waals surface area contributed by atoms with Gasteiger partial charge in [-0.3, -0.25) is 4.79 Å². The van der Waals surface area contributed by atoms with E-state index in [1.807, 2.05) is 19.9 Å². The van der Waals surface area contributed by atoms with Crippen LogP contribution in [0.25, 0.3) is 10.4 Å². The smallest absolute Gasteiger partial charge is 0.416 e. The van der Waals surface area contributed by atoms with Gasteiger partial charge >= 0.3 is 6.09 Å². The third kappa shape index (κ3) is 3.50. The topological polar surface area (TPSA) is 105 Å². The van der Waals surface area contributed by atoms with Crippen LogP contribution in [0, 0.1) is 5.92 Å². The first kappa shape index (κ1) is 17.8. The molecular weight excluding hydrogens is 312 g/mol. The number of carbonyl (C=O) groups is 2. The molecule has 0 bridgehead atoms. The second-order valence-corrected chi connectivity index (χ2v) is 5.81. The van der Waals surface area contributed by atoms with Crippen LogP contribution in [0.1, 0.15) is 25.5 Å². The van der Waals surface area contributed by atoms with E-state index in [0.717, 1.165) is 4.90 Å². The van der Waals surface area contributed by atoms with Crippen LogP contribution in [0.2, 0.25) is 0 Å². The second kappa shape index (κ2) is 7.81. The van der Waals surface area contributed by atoms with Crippen LogP contribution in [0.3, 0.4) is 0 Å². The predicted octanol–water partition coefficient (Wildman–Crippen LogP) is 3.06. The summed E-state index contributed by atoms with van der Waals surface area (Å²) < 4.78 is 10.4. The van der Waals surface area contributed by atoms with Crippen molar-refractivity contribution in [1.29, 1.82) is 0 Å². The molecule has 0 radical (unpaired) electrons. The Morgan fingerprint density at radius 3 is 2.62 bits per heavy atom. The van der Waals surface area contributed by atoms with Crippen LogP contribution in [0.5, 0.6) is 0 Å². The minimum Gasteiger partial charge on any atom is -0.447 e. The van der Waals surface area contributed by atoms with Crippen LogP contribution in [0.15, 0.2) is 35.4 Å². The van der Waals surface area contributed by atoms with Crippen LogP contribution in [0.4, 0.5) is 4.79 Å². The van der Waals surface area contributed by atoms with E-state index in [4.69, 9.17) is 15.0 Å². The van der Waals surface area contributed by atoms with Gasteiger partial charge in [-0.2, -0.15) is 0 Å². The molecule has 0 N–H and O–H groups in total. The zero-order chi connectivity index (χ0) is 17.7. The fourth-order valence-corrected chi connectivity index (χ4v) is 2.71. The summed E-state index contributed by atoms with van der Waals surface area (Å²) in [4.78, 5) is 28.7. The highest BCUT2D eigenvalue weighted by atomic mass is 16.6. The number of imide groups is 1. The molecule has 1 saturated heterocycles. The fraction of sp³-hybridized carbons (Fsp3) is 0.500. The summed E-state index contributed by atoms with van der Waals surface area (Å²) in [7, 11) is 1.42. The van der Waals surface area contributed by atoms with Gasteiger partial charge < -0.3 is 9.47 Å². The molecular formula is C16H20N4O4. The minimum atomic E-state index is -1.20. The van der Waals surface area contributed by atoms with E-state index < -0.39 is 30.2 Å². The maximum atomic E-state index is 12.9. The Bertz CT molecular complexity index is 643. The lowest BCUT2D eigenvalue weighted by Crippen LogP contribution is -2.48. The maximum Gasteiger partial charge on any atom is 0.416 e. The summed E-state index contributed by atoms with van der Waals surface area (Å²) >= 11 is 0. The molecule has 1 aliphatic heterocycles. The van der Waals surface area contributed by atoms with E-state index in [9.17, 15) is 9.59 Å². The van der Waals surface area contributed by atoms with Gasteiger partial charge in [0.2, 0.25) is 5.91 Å². The first-order chi connectivity index (χ1) is 11.5. The highest BCUT2D eigenvalue weighted by molar-refractivity contribution is 5.97. The van der Waals surface area contributed by atoms with Crippen LogP contribution in [-0.2, 0) is 14.3 Å². The number of carbonyl (C=O) groups excluding carboxylic acids is 2. The van der Waals surface area contributed by atoms with E-state index in [2.05, 4.69) is 10.0 Å². The molecule has 1 aliphatic rings. The van der Waals surface area contributed by atoms with Crippen molar-refractivity contribution in [2.24, 2.45) is 11.0 Å². The van der Waals surface area contributed by atoms with Crippen molar-refractivity contribution in [3.63, 3.8) is 0 Å². The average Bonchev–Trinajstić information content (AvgIpc) is 2.97. The molecule has 3 atom stereocenters. The molecule has 2 amide bonds. The monoisotopic (exact) mass is 332 g/mol. The minimum absolute atomic E-state index is 0.0184. The number of nitrogens with zero attached hydrogens (tertiary/aromatic N) is 4. The van der Waals surface area contributed by atoms with Crippen molar-refractivity contribution in [2.45, 2.75) is 32.0 Å². The summed E-state index contributed by atoms with van der Waals surface area (Å²) in [5, 5.41) is 3.60. The quantitative estimate of drug-likeness (QED) is 0.453. The highest BCUT2D eigenvalue weighted by Crippen LogP contribution is 2.28. The molecule has 8 nitrogen and oxygen atoms in total. The third-order valence-electron chi connectivity index (χ3n) is 4.01. The highest BCUT2D eigenvalue weighted by Gasteiger charge is 2.44. The summed E-state index contributed by atoms with van der Waals surface area (Å²) in [5.74, 6) is -0.602. The van der Waals surface area contributed by atoms with Gasteiger partial charge in [0.25, 0.3) is 0 Å². The first-order valence-corrected chi connectivity index (χ1v) is 7.63. The first-order valence-electron chi connectivity index (χ1n) is 7.63. The molecule has 128 valence electrons. The van der Waals surface area contributed by atoms with Crippen molar-refractivity contribution in [3.05, 3.63) is 46.3 Å². The van der Waals surface area contributed by atoms with Gasteiger partial charge in [-0.15, -0.1) is 0 Å². The summed E-state index contributed by atoms with van der Waals surface area (Å²) in [5.41, 5.74) is 9.56. The van der Waals surface area contributed by atoms with Gasteiger partial charge in [-0.05, 0) is 17.0 Å². The number of amides is 2. The SMILES string of the molecule is CO[C@H](c1ccccc1)[C@H](N=[N+]=[N-])C(=O)N1C(=O)OC[C@@H]1C(C)C. The van der Waals surface area contributed by atoms with Gasteiger partial charge in [0.1, 0.15) is 12.6 Å². The molecule has 0 aliphatic carbocycles. The molecule has 0 aromatic heterocycles. The predicted molar refractivity (Wildman–Crippen MR) is 85.9 cm³/mol. The lowest BCUT2D eigenvalue weighted by molar-refractivity contribution is -0.134. The van der Waals surface area contributed by atoms with E-state index in [0.29, 0.717) is 5.56 Å². The molecule has 1 heterocycles. The Kier molecular flexibility index (Phi) is 5.78. The van der Waals surface area contributed by atoms with Gasteiger partial charge in [0.05, 0.1) is 12.1 Å². The maximum absolute atomic E-state index is 12.9. The Labute approximate surface area is 140 Å². The number of hydrogen-bond donors (Lipinski definition) is 0. The number of methoxy groups -OCH3 is 1. The van der Waals surface area contributed by atoms with Crippen molar-refractivity contribution in [1.82, 2.24) is 4.90 Å². The van der Waals surface area contributed by atoms with E-state index in [1.165, 1.54) is 7.11 Å². The zero-order valence-electron chi connectivity index (χ0n) is 13.8. The molecule has 24 heavy (non-hydrogen) atoms. The number of benzene rings is 1. The summed E-state index contributed by atoms with van der Waals surface area (Å²) in [6, 6.07) is 7.35. The lowest BCUT2D eigenvalue weighted by atomic mass is 9.99. The van der Waals surface area contributed by atoms with Gasteiger partial charge in [-0.25, -0.2) is 9.69 Å². The Morgan fingerprint density at radius 1 is 1.42 bits per heavy atom. The molecule has 2 rings (SSSR count). The number of cyclic esters (lactones) is 1. The number of ether oxygens (including phenoxy) is 2.